The van der Waals surface area contributed by atoms with Crippen molar-refractivity contribution in [3.8, 4) is 0 Å². The zero-order valence-electron chi connectivity index (χ0n) is 11.1. The van der Waals surface area contributed by atoms with Gasteiger partial charge in [-0.15, -0.1) is 12.4 Å². The standard InChI is InChI=1S/C15H20N2O.ClH/c1-9(16)10-5-7-11(8-6-10)17-15(18)14-12-3-2-4-13(12)14;/h5-9,12-14H,2-4,16H2,1H3,(H,17,18);1H. The Hall–Kier alpha value is -1.06. The Morgan fingerprint density at radius 1 is 1.26 bits per heavy atom. The minimum atomic E-state index is 0. The van der Waals surface area contributed by atoms with Crippen LogP contribution in [0.5, 0.6) is 0 Å². The molecule has 3 rings (SSSR count). The number of hydrogen-bond donors (Lipinski definition) is 2. The van der Waals surface area contributed by atoms with Crippen LogP contribution in [0, 0.1) is 17.8 Å². The molecular weight excluding hydrogens is 260 g/mol. The molecule has 1 amide bonds. The average Bonchev–Trinajstić information content (AvgIpc) is 2.84. The second kappa shape index (κ2) is 5.51. The summed E-state index contributed by atoms with van der Waals surface area (Å²) in [6, 6.07) is 7.88. The third-order valence-electron chi connectivity index (χ3n) is 4.41. The van der Waals surface area contributed by atoms with Gasteiger partial charge in [0, 0.05) is 17.6 Å². The lowest BCUT2D eigenvalue weighted by atomic mass is 10.1. The van der Waals surface area contributed by atoms with Gasteiger partial charge in [-0.3, -0.25) is 4.79 Å². The molecule has 104 valence electrons. The van der Waals surface area contributed by atoms with Crippen molar-refractivity contribution >= 4 is 24.0 Å². The van der Waals surface area contributed by atoms with Gasteiger partial charge in [0.1, 0.15) is 0 Å². The Morgan fingerprint density at radius 2 is 1.84 bits per heavy atom. The van der Waals surface area contributed by atoms with Crippen LogP contribution in [-0.4, -0.2) is 5.91 Å². The molecule has 3 atom stereocenters. The molecule has 0 heterocycles. The minimum Gasteiger partial charge on any atom is -0.326 e. The lowest BCUT2D eigenvalue weighted by Gasteiger charge is -2.09. The molecule has 0 aromatic heterocycles. The van der Waals surface area contributed by atoms with Crippen LogP contribution in [0.25, 0.3) is 0 Å². The van der Waals surface area contributed by atoms with E-state index >= 15 is 0 Å². The Balaban J connectivity index is 0.00000133. The van der Waals surface area contributed by atoms with E-state index in [-0.39, 0.29) is 30.3 Å². The van der Waals surface area contributed by atoms with Gasteiger partial charge < -0.3 is 11.1 Å². The van der Waals surface area contributed by atoms with E-state index in [2.05, 4.69) is 5.32 Å². The van der Waals surface area contributed by atoms with Crippen LogP contribution in [0.1, 0.15) is 37.8 Å². The zero-order valence-corrected chi connectivity index (χ0v) is 12.0. The quantitative estimate of drug-likeness (QED) is 0.894. The van der Waals surface area contributed by atoms with Crippen LogP contribution in [0.3, 0.4) is 0 Å². The van der Waals surface area contributed by atoms with E-state index in [1.54, 1.807) is 0 Å². The fourth-order valence-corrected chi connectivity index (χ4v) is 3.31. The molecule has 3 unspecified atom stereocenters. The number of nitrogens with two attached hydrogens (primary N) is 1. The van der Waals surface area contributed by atoms with Crippen molar-refractivity contribution in [3.05, 3.63) is 29.8 Å². The first-order chi connectivity index (χ1) is 8.66. The number of carbonyl (C=O) groups is 1. The van der Waals surface area contributed by atoms with E-state index in [0.29, 0.717) is 11.8 Å². The fourth-order valence-electron chi connectivity index (χ4n) is 3.31. The van der Waals surface area contributed by atoms with Gasteiger partial charge in [-0.2, -0.15) is 0 Å². The van der Waals surface area contributed by atoms with E-state index in [1.165, 1.54) is 19.3 Å². The predicted molar refractivity (Wildman–Crippen MR) is 79.2 cm³/mol. The maximum Gasteiger partial charge on any atom is 0.228 e. The number of halogens is 1. The highest BCUT2D eigenvalue weighted by Gasteiger charge is 2.56. The summed E-state index contributed by atoms with van der Waals surface area (Å²) in [5.74, 6) is 1.84. The second-order valence-corrected chi connectivity index (χ2v) is 5.68. The van der Waals surface area contributed by atoms with E-state index in [9.17, 15) is 4.79 Å². The molecule has 2 aliphatic rings. The second-order valence-electron chi connectivity index (χ2n) is 5.68. The molecule has 19 heavy (non-hydrogen) atoms. The van der Waals surface area contributed by atoms with E-state index in [0.717, 1.165) is 11.3 Å². The van der Waals surface area contributed by atoms with Gasteiger partial charge in [-0.05, 0) is 49.3 Å². The van der Waals surface area contributed by atoms with Crippen molar-refractivity contribution in [1.82, 2.24) is 0 Å². The number of nitrogens with one attached hydrogen (secondary N) is 1. The van der Waals surface area contributed by atoms with Crippen LogP contribution in [0.15, 0.2) is 24.3 Å². The summed E-state index contributed by atoms with van der Waals surface area (Å²) in [4.78, 5) is 12.1. The topological polar surface area (TPSA) is 55.1 Å². The van der Waals surface area contributed by atoms with Crippen molar-refractivity contribution in [1.29, 1.82) is 0 Å². The van der Waals surface area contributed by atoms with Crippen LogP contribution in [0.2, 0.25) is 0 Å². The van der Waals surface area contributed by atoms with Crippen LogP contribution in [0.4, 0.5) is 5.69 Å². The summed E-state index contributed by atoms with van der Waals surface area (Å²) >= 11 is 0. The van der Waals surface area contributed by atoms with Crippen molar-refractivity contribution in [3.63, 3.8) is 0 Å². The number of hydrogen-bond acceptors (Lipinski definition) is 2. The SMILES string of the molecule is CC(N)c1ccc(NC(=O)C2C3CCCC32)cc1.Cl. The van der Waals surface area contributed by atoms with Crippen LogP contribution >= 0.6 is 12.4 Å². The summed E-state index contributed by atoms with van der Waals surface area (Å²) in [5, 5.41) is 3.02. The number of anilines is 1. The summed E-state index contributed by atoms with van der Waals surface area (Å²) in [6.45, 7) is 1.96. The highest BCUT2D eigenvalue weighted by molar-refractivity contribution is 5.95. The van der Waals surface area contributed by atoms with E-state index in [1.807, 2.05) is 31.2 Å². The zero-order chi connectivity index (χ0) is 12.7. The predicted octanol–water partition coefficient (Wildman–Crippen LogP) is 3.11. The molecule has 3 nitrogen and oxygen atoms in total. The van der Waals surface area contributed by atoms with Gasteiger partial charge in [0.25, 0.3) is 0 Å². The Bertz CT molecular complexity index is 448. The normalized spacial score (nSPS) is 29.1. The molecule has 0 bridgehead atoms. The third-order valence-corrected chi connectivity index (χ3v) is 4.41. The molecule has 3 N–H and O–H groups in total. The first-order valence-corrected chi connectivity index (χ1v) is 6.83. The third kappa shape index (κ3) is 2.77. The molecule has 2 fully saturated rings. The van der Waals surface area contributed by atoms with Gasteiger partial charge in [0.15, 0.2) is 0 Å². The van der Waals surface area contributed by atoms with E-state index in [4.69, 9.17) is 5.73 Å². The molecule has 0 aliphatic heterocycles. The lowest BCUT2D eigenvalue weighted by molar-refractivity contribution is -0.118. The van der Waals surface area contributed by atoms with Gasteiger partial charge in [0.05, 0.1) is 0 Å². The molecule has 4 heteroatoms. The molecule has 0 saturated heterocycles. The molecule has 1 aromatic rings. The molecule has 0 spiro atoms. The number of carbonyl (C=O) groups excluding carboxylic acids is 1. The minimum absolute atomic E-state index is 0. The number of amides is 1. The van der Waals surface area contributed by atoms with Crippen LogP contribution < -0.4 is 11.1 Å². The summed E-state index contributed by atoms with van der Waals surface area (Å²) < 4.78 is 0. The highest BCUT2D eigenvalue weighted by Crippen LogP contribution is 2.57. The van der Waals surface area contributed by atoms with Gasteiger partial charge >= 0.3 is 0 Å². The van der Waals surface area contributed by atoms with Crippen molar-refractivity contribution in [2.75, 3.05) is 5.32 Å². The van der Waals surface area contributed by atoms with Crippen molar-refractivity contribution in [2.24, 2.45) is 23.5 Å². The summed E-state index contributed by atoms with van der Waals surface area (Å²) in [6.07, 6.45) is 3.79. The molecular formula is C15H21ClN2O. The Labute approximate surface area is 120 Å². The maximum absolute atomic E-state index is 12.1. The molecule has 1 aromatic carbocycles. The van der Waals surface area contributed by atoms with Crippen molar-refractivity contribution in [2.45, 2.75) is 32.2 Å². The van der Waals surface area contributed by atoms with Gasteiger partial charge in [0.2, 0.25) is 5.91 Å². The first-order valence-electron chi connectivity index (χ1n) is 6.83. The molecule has 0 radical (unpaired) electrons. The smallest absolute Gasteiger partial charge is 0.228 e. The summed E-state index contributed by atoms with van der Waals surface area (Å²) in [7, 11) is 0. The molecule has 2 aliphatic carbocycles. The monoisotopic (exact) mass is 280 g/mol. The number of rotatable bonds is 3. The largest absolute Gasteiger partial charge is 0.326 e. The maximum atomic E-state index is 12.1. The number of benzene rings is 1. The lowest BCUT2D eigenvalue weighted by Crippen LogP contribution is -2.16. The Kier molecular flexibility index (Phi) is 4.16. The average molecular weight is 281 g/mol. The fraction of sp³-hybridized carbons (Fsp3) is 0.533. The highest BCUT2D eigenvalue weighted by atomic mass is 35.5. The van der Waals surface area contributed by atoms with Gasteiger partial charge in [-0.1, -0.05) is 18.6 Å². The Morgan fingerprint density at radius 3 is 2.37 bits per heavy atom. The molecule has 2 saturated carbocycles. The number of fused-ring (bicyclic) bond motifs is 1. The first kappa shape index (κ1) is 14.4. The van der Waals surface area contributed by atoms with E-state index < -0.39 is 0 Å². The van der Waals surface area contributed by atoms with Crippen LogP contribution in [-0.2, 0) is 4.79 Å². The summed E-state index contributed by atoms with van der Waals surface area (Å²) in [5.41, 5.74) is 7.78. The van der Waals surface area contributed by atoms with Crippen molar-refractivity contribution < 1.29 is 4.79 Å². The van der Waals surface area contributed by atoms with Gasteiger partial charge in [-0.25, -0.2) is 0 Å².